The summed E-state index contributed by atoms with van der Waals surface area (Å²) in [5.74, 6) is 0.744. The molecule has 0 aliphatic heterocycles. The van der Waals surface area contributed by atoms with Gasteiger partial charge in [0.1, 0.15) is 11.3 Å². The molecule has 0 aliphatic rings. The number of nitrogens with zero attached hydrogens (tertiary/aromatic N) is 3. The van der Waals surface area contributed by atoms with E-state index in [1.807, 2.05) is 42.5 Å². The highest BCUT2D eigenvalue weighted by Gasteiger charge is 2.07. The topological polar surface area (TPSA) is 89.3 Å². The fourth-order valence-corrected chi connectivity index (χ4v) is 2.58. The molecule has 23 heavy (non-hydrogen) atoms. The maximum absolute atomic E-state index is 10.5. The molecule has 0 bridgehead atoms. The van der Waals surface area contributed by atoms with Gasteiger partial charge in [-0.15, -0.1) is 5.10 Å². The molecule has 1 heterocycles. The van der Waals surface area contributed by atoms with E-state index < -0.39 is 11.3 Å². The molecule has 0 radical (unpaired) electrons. The normalized spacial score (nSPS) is 12.4. The Labute approximate surface area is 135 Å². The molecule has 7 nitrogen and oxygen atoms in total. The molecule has 0 fully saturated rings. The van der Waals surface area contributed by atoms with Gasteiger partial charge in [-0.1, -0.05) is 17.3 Å². The van der Waals surface area contributed by atoms with Crippen LogP contribution in [0, 0.1) is 0 Å². The molecule has 120 valence electrons. The summed E-state index contributed by atoms with van der Waals surface area (Å²) in [5, 5.41) is 8.34. The van der Waals surface area contributed by atoms with E-state index in [4.69, 9.17) is 9.29 Å². The molecule has 2 N–H and O–H groups in total. The molecule has 1 aromatic heterocycles. The lowest BCUT2D eigenvalue weighted by Crippen LogP contribution is -2.19. The van der Waals surface area contributed by atoms with Crippen molar-refractivity contribution in [3.63, 3.8) is 0 Å². The second-order valence-corrected chi connectivity index (χ2v) is 5.70. The van der Waals surface area contributed by atoms with Crippen molar-refractivity contribution in [2.24, 2.45) is 0 Å². The number of ether oxygens (including phenoxy) is 1. The van der Waals surface area contributed by atoms with E-state index in [0.717, 1.165) is 28.0 Å². The number of hydrogen-bond donors (Lipinski definition) is 2. The number of nitrogens with one attached hydrogen (secondary N) is 1. The molecule has 0 aliphatic carbocycles. The van der Waals surface area contributed by atoms with Crippen LogP contribution in [-0.4, -0.2) is 37.4 Å². The highest BCUT2D eigenvalue weighted by Crippen LogP contribution is 2.21. The number of aromatic nitrogens is 3. The molecule has 0 spiro atoms. The number of methoxy groups -OCH3 is 1. The minimum absolute atomic E-state index is 0.439. The largest absolute Gasteiger partial charge is 0.497 e. The summed E-state index contributed by atoms with van der Waals surface area (Å²) < 4.78 is 28.6. The number of hydrogen-bond acceptors (Lipinski definition) is 4. The van der Waals surface area contributed by atoms with Crippen molar-refractivity contribution in [2.45, 2.75) is 6.42 Å². The Morgan fingerprint density at radius 2 is 2.04 bits per heavy atom. The van der Waals surface area contributed by atoms with Gasteiger partial charge >= 0.3 is 0 Å². The predicted molar refractivity (Wildman–Crippen MR) is 87.9 cm³/mol. The van der Waals surface area contributed by atoms with Gasteiger partial charge < -0.3 is 4.74 Å². The summed E-state index contributed by atoms with van der Waals surface area (Å²) in [7, 11) is 1.62. The standard InChI is InChI=1S/C15H16N4O3S/c1-22-13-6-7-15-14(10-13)17-18-19(15)12-4-2-11(3-5-12)8-9-16-23(20)21/h2-7,10,16H,8-9H2,1H3,(H,20,21). The van der Waals surface area contributed by atoms with E-state index in [9.17, 15) is 4.21 Å². The van der Waals surface area contributed by atoms with Crippen LogP contribution in [0.15, 0.2) is 42.5 Å². The minimum Gasteiger partial charge on any atom is -0.497 e. The van der Waals surface area contributed by atoms with Crippen molar-refractivity contribution in [1.82, 2.24) is 19.7 Å². The quantitative estimate of drug-likeness (QED) is 0.671. The van der Waals surface area contributed by atoms with Crippen molar-refractivity contribution in [2.75, 3.05) is 13.7 Å². The van der Waals surface area contributed by atoms with Crippen molar-refractivity contribution in [3.8, 4) is 11.4 Å². The van der Waals surface area contributed by atoms with E-state index in [1.54, 1.807) is 11.8 Å². The molecule has 8 heteroatoms. The van der Waals surface area contributed by atoms with Crippen LogP contribution in [0.25, 0.3) is 16.7 Å². The molecule has 3 rings (SSSR count). The van der Waals surface area contributed by atoms with E-state index in [0.29, 0.717) is 13.0 Å². The second-order valence-electron chi connectivity index (χ2n) is 4.92. The lowest BCUT2D eigenvalue weighted by atomic mass is 10.1. The van der Waals surface area contributed by atoms with Crippen LogP contribution in [0.1, 0.15) is 5.56 Å². The van der Waals surface area contributed by atoms with Gasteiger partial charge in [-0.2, -0.15) is 0 Å². The fourth-order valence-electron chi connectivity index (χ4n) is 2.31. The average Bonchev–Trinajstić information content (AvgIpc) is 2.98. The average molecular weight is 332 g/mol. The van der Waals surface area contributed by atoms with Gasteiger partial charge in [0.2, 0.25) is 11.3 Å². The van der Waals surface area contributed by atoms with Gasteiger partial charge in [-0.05, 0) is 36.2 Å². The zero-order chi connectivity index (χ0) is 16.2. The highest BCUT2D eigenvalue weighted by molar-refractivity contribution is 7.77. The highest BCUT2D eigenvalue weighted by atomic mass is 32.2. The first kappa shape index (κ1) is 15.6. The summed E-state index contributed by atoms with van der Waals surface area (Å²) in [6.07, 6.45) is 0.669. The van der Waals surface area contributed by atoms with E-state index >= 15 is 0 Å². The molecular weight excluding hydrogens is 316 g/mol. The number of fused-ring (bicyclic) bond motifs is 1. The first-order valence-corrected chi connectivity index (χ1v) is 8.11. The summed E-state index contributed by atoms with van der Waals surface area (Å²) >= 11 is -1.97. The molecule has 0 amide bonds. The summed E-state index contributed by atoms with van der Waals surface area (Å²) in [5.41, 5.74) is 3.64. The Balaban J connectivity index is 1.80. The Bertz CT molecular complexity index is 832. The van der Waals surface area contributed by atoms with Gasteiger partial charge in [0.25, 0.3) is 0 Å². The van der Waals surface area contributed by atoms with Crippen LogP contribution in [0.4, 0.5) is 0 Å². The Hall–Kier alpha value is -2.29. The Morgan fingerprint density at radius 1 is 1.26 bits per heavy atom. The minimum atomic E-state index is -1.97. The van der Waals surface area contributed by atoms with Crippen LogP contribution in [0.2, 0.25) is 0 Å². The van der Waals surface area contributed by atoms with Gasteiger partial charge in [0, 0.05) is 12.6 Å². The third-order valence-electron chi connectivity index (χ3n) is 3.47. The monoisotopic (exact) mass is 332 g/mol. The van der Waals surface area contributed by atoms with Crippen LogP contribution in [0.5, 0.6) is 5.75 Å². The van der Waals surface area contributed by atoms with E-state index in [-0.39, 0.29) is 0 Å². The SMILES string of the molecule is COc1ccc2c(c1)nnn2-c1ccc(CCNS(=O)O)cc1. The lowest BCUT2D eigenvalue weighted by molar-refractivity contribution is 0.415. The first-order chi connectivity index (χ1) is 11.2. The number of rotatable bonds is 6. The third-order valence-corrected chi connectivity index (χ3v) is 3.92. The van der Waals surface area contributed by atoms with E-state index in [1.165, 1.54) is 0 Å². The summed E-state index contributed by atoms with van der Waals surface area (Å²) in [4.78, 5) is 0. The van der Waals surface area contributed by atoms with Crippen LogP contribution < -0.4 is 9.46 Å². The van der Waals surface area contributed by atoms with Crippen molar-refractivity contribution >= 4 is 22.3 Å². The van der Waals surface area contributed by atoms with Gasteiger partial charge in [-0.25, -0.2) is 13.6 Å². The smallest absolute Gasteiger partial charge is 0.231 e. The zero-order valence-electron chi connectivity index (χ0n) is 12.5. The van der Waals surface area contributed by atoms with Crippen molar-refractivity contribution in [1.29, 1.82) is 0 Å². The molecule has 0 saturated heterocycles. The van der Waals surface area contributed by atoms with Gasteiger partial charge in [0.15, 0.2) is 0 Å². The molecule has 0 saturated carbocycles. The van der Waals surface area contributed by atoms with Crippen LogP contribution in [0.3, 0.4) is 0 Å². The molecule has 1 unspecified atom stereocenters. The van der Waals surface area contributed by atoms with Crippen LogP contribution >= 0.6 is 0 Å². The van der Waals surface area contributed by atoms with E-state index in [2.05, 4.69) is 15.0 Å². The predicted octanol–water partition coefficient (Wildman–Crippen LogP) is 1.70. The summed E-state index contributed by atoms with van der Waals surface area (Å²) in [6, 6.07) is 13.5. The Kier molecular flexibility index (Phi) is 4.65. The molecule has 3 aromatic rings. The molecule has 2 aromatic carbocycles. The lowest BCUT2D eigenvalue weighted by Gasteiger charge is -2.05. The third kappa shape index (κ3) is 3.55. The van der Waals surface area contributed by atoms with Crippen molar-refractivity contribution < 1.29 is 13.5 Å². The van der Waals surface area contributed by atoms with Gasteiger partial charge in [0.05, 0.1) is 18.3 Å². The molecule has 1 atom stereocenters. The fraction of sp³-hybridized carbons (Fsp3) is 0.200. The zero-order valence-corrected chi connectivity index (χ0v) is 13.3. The maximum Gasteiger partial charge on any atom is 0.231 e. The number of benzene rings is 2. The summed E-state index contributed by atoms with van der Waals surface area (Å²) in [6.45, 7) is 0.439. The van der Waals surface area contributed by atoms with Crippen molar-refractivity contribution in [3.05, 3.63) is 48.0 Å². The Morgan fingerprint density at radius 3 is 2.74 bits per heavy atom. The second kappa shape index (κ2) is 6.86. The van der Waals surface area contributed by atoms with Gasteiger partial charge in [-0.3, -0.25) is 4.55 Å². The first-order valence-electron chi connectivity index (χ1n) is 7.00. The molecular formula is C15H16N4O3S. The van der Waals surface area contributed by atoms with Crippen LogP contribution in [-0.2, 0) is 17.7 Å². The maximum atomic E-state index is 10.5.